The highest BCUT2D eigenvalue weighted by molar-refractivity contribution is 7.89. The van der Waals surface area contributed by atoms with Crippen molar-refractivity contribution in [1.29, 1.82) is 0 Å². The van der Waals surface area contributed by atoms with Crippen LogP contribution in [0.15, 0.2) is 29.2 Å². The molecule has 21 heavy (non-hydrogen) atoms. The molecule has 6 heteroatoms. The van der Waals surface area contributed by atoms with E-state index in [-0.39, 0.29) is 0 Å². The van der Waals surface area contributed by atoms with E-state index < -0.39 is 10.0 Å². The van der Waals surface area contributed by atoms with Gasteiger partial charge in [0.25, 0.3) is 0 Å². The Morgan fingerprint density at radius 1 is 1.24 bits per heavy atom. The van der Waals surface area contributed by atoms with E-state index >= 15 is 0 Å². The molecule has 4 nitrogen and oxygen atoms in total. The summed E-state index contributed by atoms with van der Waals surface area (Å²) in [5.74, 6) is 0. The van der Waals surface area contributed by atoms with Gasteiger partial charge in [-0.1, -0.05) is 32.0 Å². The lowest BCUT2D eigenvalue weighted by Gasteiger charge is -2.20. The Morgan fingerprint density at radius 2 is 1.95 bits per heavy atom. The molecule has 0 aliphatic heterocycles. The highest BCUT2D eigenvalue weighted by Crippen LogP contribution is 2.36. The second-order valence-corrected chi connectivity index (χ2v) is 7.89. The number of nitrogens with one attached hydrogen (secondary N) is 1. The second kappa shape index (κ2) is 6.87. The highest BCUT2D eigenvalue weighted by atomic mass is 32.2. The van der Waals surface area contributed by atoms with Gasteiger partial charge in [-0.25, -0.2) is 8.42 Å². The first kappa shape index (κ1) is 16.4. The van der Waals surface area contributed by atoms with Gasteiger partial charge in [0.15, 0.2) is 0 Å². The van der Waals surface area contributed by atoms with Gasteiger partial charge in [0.2, 0.25) is 10.0 Å². The monoisotopic (exact) mass is 326 g/mol. The minimum Gasteiger partial charge on any atom is -0.315 e. The smallest absolute Gasteiger partial charge is 0.244 e. The highest BCUT2D eigenvalue weighted by Gasteiger charge is 2.29. The first-order valence-corrected chi connectivity index (χ1v) is 9.47. The normalized spacial score (nSPS) is 12.4. The van der Waals surface area contributed by atoms with Crippen molar-refractivity contribution < 1.29 is 8.42 Å². The zero-order valence-electron chi connectivity index (χ0n) is 12.7. The van der Waals surface area contributed by atoms with Crippen LogP contribution in [0, 0.1) is 0 Å². The molecule has 1 N–H and O–H groups in total. The molecular weight excluding hydrogens is 304 g/mol. The molecule has 0 amide bonds. The fourth-order valence-electron chi connectivity index (χ4n) is 2.46. The Hall–Kier alpha value is -0.950. The maximum absolute atomic E-state index is 13.0. The summed E-state index contributed by atoms with van der Waals surface area (Å²) in [6, 6.07) is 7.72. The number of nitrogens with zero attached hydrogens (tertiary/aromatic N) is 1. The molecule has 0 radical (unpaired) electrons. The minimum absolute atomic E-state index is 0.479. The first-order valence-electron chi connectivity index (χ1n) is 7.21. The van der Waals surface area contributed by atoms with E-state index in [0.717, 1.165) is 21.4 Å². The van der Waals surface area contributed by atoms with Crippen molar-refractivity contribution in [2.75, 3.05) is 20.1 Å². The van der Waals surface area contributed by atoms with Crippen LogP contribution in [0.4, 0.5) is 0 Å². The summed E-state index contributed by atoms with van der Waals surface area (Å²) in [7, 11) is -1.61. The third kappa shape index (κ3) is 3.13. The van der Waals surface area contributed by atoms with Crippen LogP contribution in [0.3, 0.4) is 0 Å². The predicted octanol–water partition coefficient (Wildman–Crippen LogP) is 3.04. The molecule has 2 aromatic rings. The lowest BCUT2D eigenvalue weighted by Crippen LogP contribution is -2.32. The molecule has 1 heterocycles. The van der Waals surface area contributed by atoms with Gasteiger partial charge in [-0.05, 0) is 19.5 Å². The third-order valence-electron chi connectivity index (χ3n) is 3.38. The van der Waals surface area contributed by atoms with Gasteiger partial charge in [-0.15, -0.1) is 11.3 Å². The van der Waals surface area contributed by atoms with Gasteiger partial charge in [-0.3, -0.25) is 0 Å². The van der Waals surface area contributed by atoms with Crippen LogP contribution < -0.4 is 5.32 Å². The zero-order chi connectivity index (χ0) is 15.5. The Balaban J connectivity index is 2.65. The van der Waals surface area contributed by atoms with Crippen molar-refractivity contribution in [3.63, 3.8) is 0 Å². The molecule has 0 aliphatic rings. The lowest BCUT2D eigenvalue weighted by molar-refractivity contribution is 0.427. The fourth-order valence-corrected chi connectivity index (χ4v) is 5.91. The quantitative estimate of drug-likeness (QED) is 0.851. The Morgan fingerprint density at radius 3 is 2.57 bits per heavy atom. The van der Waals surface area contributed by atoms with E-state index in [4.69, 9.17) is 0 Å². The molecule has 116 valence electrons. The Bertz CT molecular complexity index is 708. The van der Waals surface area contributed by atoms with Crippen LogP contribution >= 0.6 is 11.3 Å². The minimum atomic E-state index is -3.45. The van der Waals surface area contributed by atoms with Gasteiger partial charge in [0.05, 0.1) is 0 Å². The molecule has 0 aliphatic carbocycles. The van der Waals surface area contributed by atoms with E-state index in [1.54, 1.807) is 15.6 Å². The Kier molecular flexibility index (Phi) is 5.37. The molecule has 1 aromatic carbocycles. The number of sulfonamides is 1. The molecular formula is C15H22N2O2S2. The molecule has 0 saturated carbocycles. The summed E-state index contributed by atoms with van der Waals surface area (Å²) >= 11 is 1.55. The van der Waals surface area contributed by atoms with Gasteiger partial charge in [-0.2, -0.15) is 4.31 Å². The van der Waals surface area contributed by atoms with E-state index in [0.29, 0.717) is 24.5 Å². The van der Waals surface area contributed by atoms with Crippen molar-refractivity contribution in [3.8, 4) is 0 Å². The fraction of sp³-hybridized carbons (Fsp3) is 0.467. The van der Waals surface area contributed by atoms with Crippen LogP contribution in [-0.2, 0) is 16.6 Å². The summed E-state index contributed by atoms with van der Waals surface area (Å²) in [5, 5.41) is 3.91. The average molecular weight is 326 g/mol. The second-order valence-electron chi connectivity index (χ2n) is 4.88. The van der Waals surface area contributed by atoms with Crippen molar-refractivity contribution in [2.24, 2.45) is 0 Å². The summed E-state index contributed by atoms with van der Waals surface area (Å²) < 4.78 is 28.6. The van der Waals surface area contributed by atoms with Crippen molar-refractivity contribution in [2.45, 2.75) is 31.7 Å². The maximum atomic E-state index is 13.0. The zero-order valence-corrected chi connectivity index (χ0v) is 14.4. The van der Waals surface area contributed by atoms with E-state index in [1.165, 1.54) is 0 Å². The SMILES string of the molecule is CCCN(CC)S(=O)(=O)c1c(CNC)sc2ccccc12. The number of benzene rings is 1. The topological polar surface area (TPSA) is 49.4 Å². The molecule has 0 fully saturated rings. The van der Waals surface area contributed by atoms with Crippen molar-refractivity contribution >= 4 is 31.4 Å². The first-order chi connectivity index (χ1) is 10.1. The standard InChI is InChI=1S/C15H22N2O2S2/c1-4-10-17(5-2)21(18,19)15-12-8-6-7-9-13(12)20-14(15)11-16-3/h6-9,16H,4-5,10-11H2,1-3H3. The van der Waals surface area contributed by atoms with Crippen LogP contribution in [0.5, 0.6) is 0 Å². The number of rotatable bonds is 7. The largest absolute Gasteiger partial charge is 0.315 e. The maximum Gasteiger partial charge on any atom is 0.244 e. The van der Waals surface area contributed by atoms with Gasteiger partial charge < -0.3 is 5.32 Å². The number of thiophene rings is 1. The van der Waals surface area contributed by atoms with Crippen LogP contribution in [0.1, 0.15) is 25.1 Å². The lowest BCUT2D eigenvalue weighted by atomic mass is 10.2. The molecule has 1 aromatic heterocycles. The summed E-state index contributed by atoms with van der Waals surface area (Å²) in [4.78, 5) is 1.36. The molecule has 0 spiro atoms. The molecule has 2 rings (SSSR count). The molecule has 0 saturated heterocycles. The summed E-state index contributed by atoms with van der Waals surface area (Å²) in [5.41, 5.74) is 0. The van der Waals surface area contributed by atoms with Gasteiger partial charge in [0.1, 0.15) is 4.90 Å². The van der Waals surface area contributed by atoms with Crippen molar-refractivity contribution in [1.82, 2.24) is 9.62 Å². The van der Waals surface area contributed by atoms with Gasteiger partial charge >= 0.3 is 0 Å². The van der Waals surface area contributed by atoms with Crippen LogP contribution in [-0.4, -0.2) is 32.9 Å². The molecule has 0 atom stereocenters. The third-order valence-corrected chi connectivity index (χ3v) is 6.78. The van der Waals surface area contributed by atoms with E-state index in [9.17, 15) is 8.42 Å². The van der Waals surface area contributed by atoms with E-state index in [2.05, 4.69) is 5.32 Å². The van der Waals surface area contributed by atoms with Gasteiger partial charge in [0, 0.05) is 34.6 Å². The average Bonchev–Trinajstić information content (AvgIpc) is 2.83. The predicted molar refractivity (Wildman–Crippen MR) is 89.3 cm³/mol. The Labute approximate surface area is 130 Å². The number of fused-ring (bicyclic) bond motifs is 1. The summed E-state index contributed by atoms with van der Waals surface area (Å²) in [6.07, 6.45) is 0.816. The number of hydrogen-bond donors (Lipinski definition) is 1. The van der Waals surface area contributed by atoms with Crippen LogP contribution in [0.2, 0.25) is 0 Å². The van der Waals surface area contributed by atoms with E-state index in [1.807, 2.05) is 45.2 Å². The van der Waals surface area contributed by atoms with Crippen molar-refractivity contribution in [3.05, 3.63) is 29.1 Å². The van der Waals surface area contributed by atoms with Crippen LogP contribution in [0.25, 0.3) is 10.1 Å². The molecule has 0 unspecified atom stereocenters. The molecule has 0 bridgehead atoms. The summed E-state index contributed by atoms with van der Waals surface area (Å²) in [6.45, 7) is 5.51. The number of hydrogen-bond acceptors (Lipinski definition) is 4.